The van der Waals surface area contributed by atoms with Gasteiger partial charge in [-0.15, -0.1) is 0 Å². The minimum absolute atomic E-state index is 0.00660. The summed E-state index contributed by atoms with van der Waals surface area (Å²) in [7, 11) is 0. The lowest BCUT2D eigenvalue weighted by Crippen LogP contribution is -2.44. The molecular weight excluding hydrogens is 843 g/mol. The van der Waals surface area contributed by atoms with E-state index in [0.29, 0.717) is 32.8 Å². The van der Waals surface area contributed by atoms with Crippen LogP contribution >= 0.6 is 0 Å². The van der Waals surface area contributed by atoms with Crippen LogP contribution in [0.1, 0.15) is 195 Å². The number of carbonyl (C=O) groups is 7. The van der Waals surface area contributed by atoms with Gasteiger partial charge < -0.3 is 42.8 Å². The summed E-state index contributed by atoms with van der Waals surface area (Å²) >= 11 is 0. The number of rotatable bonds is 44. The molecule has 378 valence electrons. The standard InChI is InChI=1S/C49H87NO15/c1-6-11-14-17-20-34-58-42(51)27-23-30-45(54)62-38-49(41-65-48(57)61-37-26-33-50(9-4)10-5,39-63-46(55)31-24-28-43(52)59-35-21-18-15-12-7-2)40-64-47(56)32-25-29-44(53)60-36-22-19-16-13-8-3/h6-41H2,1-5H3. The Bertz CT molecular complexity index is 1150. The fraction of sp³-hybridized carbons (Fsp3) is 0.857. The fourth-order valence-corrected chi connectivity index (χ4v) is 6.43. The van der Waals surface area contributed by atoms with Crippen LogP contribution in [-0.2, 0) is 66.7 Å². The van der Waals surface area contributed by atoms with E-state index < -0.39 is 73.8 Å². The van der Waals surface area contributed by atoms with Crippen molar-refractivity contribution < 1.29 is 71.5 Å². The zero-order chi connectivity index (χ0) is 48.2. The van der Waals surface area contributed by atoms with Gasteiger partial charge in [0.25, 0.3) is 0 Å². The second kappa shape index (κ2) is 42.7. The minimum atomic E-state index is -1.58. The fourth-order valence-electron chi connectivity index (χ4n) is 6.43. The molecule has 16 nitrogen and oxygen atoms in total. The molecule has 0 N–H and O–H groups in total. The first-order valence-corrected chi connectivity index (χ1v) is 24.9. The van der Waals surface area contributed by atoms with Crippen LogP contribution in [0.5, 0.6) is 0 Å². The maximum atomic E-state index is 13.0. The Morgan fingerprint density at radius 2 is 0.615 bits per heavy atom. The van der Waals surface area contributed by atoms with Crippen molar-refractivity contribution >= 4 is 42.0 Å². The largest absolute Gasteiger partial charge is 0.508 e. The zero-order valence-corrected chi connectivity index (χ0v) is 41.0. The van der Waals surface area contributed by atoms with Crippen LogP contribution in [0.4, 0.5) is 4.79 Å². The zero-order valence-electron chi connectivity index (χ0n) is 41.0. The molecule has 0 aliphatic rings. The first-order chi connectivity index (χ1) is 31.4. The van der Waals surface area contributed by atoms with Crippen molar-refractivity contribution in [2.24, 2.45) is 5.41 Å². The number of hydrogen-bond acceptors (Lipinski definition) is 16. The van der Waals surface area contributed by atoms with Gasteiger partial charge >= 0.3 is 42.0 Å². The van der Waals surface area contributed by atoms with E-state index in [4.69, 9.17) is 37.9 Å². The Labute approximate surface area is 390 Å². The van der Waals surface area contributed by atoms with Gasteiger partial charge in [-0.1, -0.05) is 112 Å². The van der Waals surface area contributed by atoms with Gasteiger partial charge in [0.15, 0.2) is 0 Å². The number of unbranched alkanes of at least 4 members (excludes halogenated alkanes) is 12. The van der Waals surface area contributed by atoms with Crippen molar-refractivity contribution in [1.82, 2.24) is 4.90 Å². The van der Waals surface area contributed by atoms with Crippen molar-refractivity contribution in [1.29, 1.82) is 0 Å². The number of carbonyl (C=O) groups excluding carboxylic acids is 7. The summed E-state index contributed by atoms with van der Waals surface area (Å²) in [6.07, 6.45) is 14.8. The first-order valence-electron chi connectivity index (χ1n) is 24.9. The first kappa shape index (κ1) is 61.0. The molecular formula is C49H87NO15. The van der Waals surface area contributed by atoms with Crippen molar-refractivity contribution in [3.8, 4) is 0 Å². The van der Waals surface area contributed by atoms with Crippen molar-refractivity contribution in [2.75, 3.05) is 72.5 Å². The third kappa shape index (κ3) is 37.9. The molecule has 65 heavy (non-hydrogen) atoms. The maximum absolute atomic E-state index is 13.0. The number of ether oxygens (including phenoxy) is 8. The van der Waals surface area contributed by atoms with Crippen LogP contribution in [0.2, 0.25) is 0 Å². The molecule has 0 aromatic rings. The highest BCUT2D eigenvalue weighted by Crippen LogP contribution is 2.23. The summed E-state index contributed by atoms with van der Waals surface area (Å²) in [6, 6.07) is 0. The predicted octanol–water partition coefficient (Wildman–Crippen LogP) is 9.54. The SMILES string of the molecule is CCCCCCCOC(=O)CCCC(=O)OCC(COC(=O)CCCC(=O)OCCCCCCC)(COC(=O)CCCC(=O)OCCCCCCC)COC(=O)OCCCN(CC)CC. The van der Waals surface area contributed by atoms with E-state index in [-0.39, 0.29) is 64.4 Å². The van der Waals surface area contributed by atoms with Crippen LogP contribution in [0.15, 0.2) is 0 Å². The predicted molar refractivity (Wildman–Crippen MR) is 246 cm³/mol. The lowest BCUT2D eigenvalue weighted by molar-refractivity contribution is -0.166. The molecule has 0 atom stereocenters. The van der Waals surface area contributed by atoms with Gasteiger partial charge in [0.2, 0.25) is 0 Å². The topological polar surface area (TPSA) is 197 Å². The lowest BCUT2D eigenvalue weighted by Gasteiger charge is -2.31. The lowest BCUT2D eigenvalue weighted by atomic mass is 9.92. The Morgan fingerprint density at radius 3 is 0.938 bits per heavy atom. The summed E-state index contributed by atoms with van der Waals surface area (Å²) in [5.41, 5.74) is -1.58. The quantitative estimate of drug-likeness (QED) is 0.0318. The second-order valence-electron chi connectivity index (χ2n) is 16.7. The van der Waals surface area contributed by atoms with Gasteiger partial charge in [0, 0.05) is 45.1 Å². The van der Waals surface area contributed by atoms with Gasteiger partial charge in [-0.2, -0.15) is 0 Å². The molecule has 0 aromatic heterocycles. The molecule has 0 aliphatic carbocycles. The number of hydrogen-bond donors (Lipinski definition) is 0. The Hall–Kier alpha value is -3.95. The molecule has 0 unspecified atom stereocenters. The molecule has 0 heterocycles. The number of nitrogens with zero attached hydrogens (tertiary/aromatic N) is 1. The van der Waals surface area contributed by atoms with E-state index in [1.807, 2.05) is 13.8 Å². The Balaban J connectivity index is 5.73. The number of esters is 6. The average molecular weight is 930 g/mol. The van der Waals surface area contributed by atoms with Crippen molar-refractivity contribution in [2.45, 2.75) is 195 Å². The maximum Gasteiger partial charge on any atom is 0.508 e. The van der Waals surface area contributed by atoms with E-state index in [1.165, 1.54) is 0 Å². The van der Waals surface area contributed by atoms with Crippen LogP contribution in [-0.4, -0.2) is 119 Å². The highest BCUT2D eigenvalue weighted by molar-refractivity contribution is 5.74. The van der Waals surface area contributed by atoms with Crippen LogP contribution in [0.3, 0.4) is 0 Å². The van der Waals surface area contributed by atoms with E-state index in [1.54, 1.807) is 0 Å². The highest BCUT2D eigenvalue weighted by atomic mass is 16.7. The molecule has 0 aliphatic heterocycles. The average Bonchev–Trinajstić information content (AvgIpc) is 3.29. The molecule has 0 saturated heterocycles. The van der Waals surface area contributed by atoms with Crippen LogP contribution < -0.4 is 0 Å². The monoisotopic (exact) mass is 930 g/mol. The third-order valence-corrected chi connectivity index (χ3v) is 10.7. The molecule has 0 rings (SSSR count). The summed E-state index contributed by atoms with van der Waals surface area (Å²) in [4.78, 5) is 90.8. The molecule has 0 bridgehead atoms. The normalized spacial score (nSPS) is 11.2. The highest BCUT2D eigenvalue weighted by Gasteiger charge is 2.38. The summed E-state index contributed by atoms with van der Waals surface area (Å²) in [5, 5.41) is 0. The van der Waals surface area contributed by atoms with E-state index in [0.717, 1.165) is 109 Å². The molecule has 0 saturated carbocycles. The summed E-state index contributed by atoms with van der Waals surface area (Å²) in [6.45, 7) is 11.8. The van der Waals surface area contributed by atoms with Gasteiger partial charge in [-0.3, -0.25) is 28.8 Å². The van der Waals surface area contributed by atoms with Crippen molar-refractivity contribution in [3.05, 3.63) is 0 Å². The Morgan fingerprint density at radius 1 is 0.323 bits per heavy atom. The summed E-state index contributed by atoms with van der Waals surface area (Å²) in [5.74, 6) is -3.33. The van der Waals surface area contributed by atoms with E-state index in [2.05, 4.69) is 25.7 Å². The van der Waals surface area contributed by atoms with Gasteiger partial charge in [0.05, 0.1) is 26.4 Å². The van der Waals surface area contributed by atoms with Crippen LogP contribution in [0.25, 0.3) is 0 Å². The molecule has 16 heteroatoms. The van der Waals surface area contributed by atoms with Crippen molar-refractivity contribution in [3.63, 3.8) is 0 Å². The minimum Gasteiger partial charge on any atom is -0.466 e. The van der Waals surface area contributed by atoms with E-state index in [9.17, 15) is 33.6 Å². The molecule has 0 fully saturated rings. The molecule has 0 radical (unpaired) electrons. The third-order valence-electron chi connectivity index (χ3n) is 10.7. The second-order valence-corrected chi connectivity index (χ2v) is 16.7. The smallest absolute Gasteiger partial charge is 0.466 e. The van der Waals surface area contributed by atoms with Gasteiger partial charge in [-0.05, 0) is 58.0 Å². The van der Waals surface area contributed by atoms with Crippen LogP contribution in [0, 0.1) is 5.41 Å². The molecule has 0 spiro atoms. The molecule has 0 aromatic carbocycles. The summed E-state index contributed by atoms with van der Waals surface area (Å²) < 4.78 is 43.4. The Kier molecular flexibility index (Phi) is 40.1. The van der Waals surface area contributed by atoms with Gasteiger partial charge in [-0.25, -0.2) is 4.79 Å². The van der Waals surface area contributed by atoms with Gasteiger partial charge in [0.1, 0.15) is 31.8 Å². The van der Waals surface area contributed by atoms with E-state index >= 15 is 0 Å². The molecule has 0 amide bonds.